The zero-order valence-electron chi connectivity index (χ0n) is 17.1. The third kappa shape index (κ3) is 4.58. The van der Waals surface area contributed by atoms with E-state index < -0.39 is 0 Å². The first-order valence-corrected chi connectivity index (χ1v) is 10.0. The first kappa shape index (κ1) is 20.1. The Balaban J connectivity index is 1.64. The highest BCUT2D eigenvalue weighted by molar-refractivity contribution is 5.95. The Morgan fingerprint density at radius 2 is 1.79 bits per heavy atom. The number of ether oxygens (including phenoxy) is 2. The summed E-state index contributed by atoms with van der Waals surface area (Å²) >= 11 is 0. The number of hydrogen-bond donors (Lipinski definition) is 0. The first-order valence-electron chi connectivity index (χ1n) is 10.0. The number of carbonyl (C=O) groups is 1. The van der Waals surface area contributed by atoms with Crippen molar-refractivity contribution in [3.05, 3.63) is 53.6 Å². The van der Waals surface area contributed by atoms with E-state index in [2.05, 4.69) is 43.0 Å². The number of unbranched alkanes of at least 4 members (excludes halogenated alkanes) is 1. The summed E-state index contributed by atoms with van der Waals surface area (Å²) in [5.41, 5.74) is 3.17. The summed E-state index contributed by atoms with van der Waals surface area (Å²) in [6.07, 6.45) is 2.07. The lowest BCUT2D eigenvalue weighted by Crippen LogP contribution is -2.49. The molecule has 0 N–H and O–H groups in total. The zero-order chi connectivity index (χ0) is 19.9. The van der Waals surface area contributed by atoms with Gasteiger partial charge in [-0.25, -0.2) is 0 Å². The maximum atomic E-state index is 13.0. The Bertz CT molecular complexity index is 798. The summed E-state index contributed by atoms with van der Waals surface area (Å²) in [4.78, 5) is 17.2. The van der Waals surface area contributed by atoms with Crippen molar-refractivity contribution in [1.82, 2.24) is 4.90 Å². The quantitative estimate of drug-likeness (QED) is 0.675. The van der Waals surface area contributed by atoms with Gasteiger partial charge in [-0.2, -0.15) is 0 Å². The van der Waals surface area contributed by atoms with Crippen LogP contribution in [0.2, 0.25) is 0 Å². The van der Waals surface area contributed by atoms with Gasteiger partial charge in [0.15, 0.2) is 11.5 Å². The maximum Gasteiger partial charge on any atom is 0.254 e. The van der Waals surface area contributed by atoms with Crippen molar-refractivity contribution in [3.63, 3.8) is 0 Å². The summed E-state index contributed by atoms with van der Waals surface area (Å²) in [7, 11) is 1.61. The van der Waals surface area contributed by atoms with E-state index in [4.69, 9.17) is 9.47 Å². The maximum absolute atomic E-state index is 13.0. The number of anilines is 1. The molecule has 1 heterocycles. The van der Waals surface area contributed by atoms with Gasteiger partial charge < -0.3 is 19.3 Å². The van der Waals surface area contributed by atoms with Crippen molar-refractivity contribution in [2.75, 3.05) is 44.8 Å². The highest BCUT2D eigenvalue weighted by atomic mass is 16.5. The molecule has 0 unspecified atom stereocenters. The van der Waals surface area contributed by atoms with E-state index in [1.165, 1.54) is 11.3 Å². The molecule has 0 aliphatic carbocycles. The number of rotatable bonds is 7. The molecule has 2 aromatic rings. The predicted octanol–water partition coefficient (Wildman–Crippen LogP) is 4.14. The van der Waals surface area contributed by atoms with Crippen LogP contribution in [-0.2, 0) is 0 Å². The Kier molecular flexibility index (Phi) is 6.80. The molecule has 1 saturated heterocycles. The fourth-order valence-electron chi connectivity index (χ4n) is 3.50. The van der Waals surface area contributed by atoms with E-state index in [1.54, 1.807) is 13.2 Å². The average Bonchev–Trinajstić information content (AvgIpc) is 2.74. The molecule has 1 aliphatic heterocycles. The third-order valence-corrected chi connectivity index (χ3v) is 5.19. The lowest BCUT2D eigenvalue weighted by atomic mass is 10.1. The van der Waals surface area contributed by atoms with Crippen LogP contribution in [0.3, 0.4) is 0 Å². The second-order valence-corrected chi connectivity index (χ2v) is 7.13. The molecule has 0 radical (unpaired) electrons. The van der Waals surface area contributed by atoms with Crippen molar-refractivity contribution in [2.45, 2.75) is 26.7 Å². The number of hydrogen-bond acceptors (Lipinski definition) is 4. The van der Waals surface area contributed by atoms with Crippen LogP contribution < -0.4 is 14.4 Å². The molecule has 0 aromatic heterocycles. The fourth-order valence-corrected chi connectivity index (χ4v) is 3.50. The molecular weight excluding hydrogens is 352 g/mol. The minimum absolute atomic E-state index is 0.0443. The van der Waals surface area contributed by atoms with Crippen LogP contribution in [0.25, 0.3) is 0 Å². The van der Waals surface area contributed by atoms with Gasteiger partial charge >= 0.3 is 0 Å². The highest BCUT2D eigenvalue weighted by Gasteiger charge is 2.23. The molecule has 1 aliphatic rings. The Hall–Kier alpha value is -2.69. The molecule has 0 atom stereocenters. The third-order valence-electron chi connectivity index (χ3n) is 5.19. The van der Waals surface area contributed by atoms with Gasteiger partial charge in [-0.1, -0.05) is 31.5 Å². The van der Waals surface area contributed by atoms with Gasteiger partial charge in [0.2, 0.25) is 0 Å². The minimum atomic E-state index is 0.0443. The Labute approximate surface area is 167 Å². The van der Waals surface area contributed by atoms with E-state index in [0.717, 1.165) is 25.9 Å². The SMILES string of the molecule is CCCCOc1ccc(C(=O)N2CCN(c3ccccc3C)CC2)cc1OC. The van der Waals surface area contributed by atoms with Gasteiger partial charge in [0.05, 0.1) is 13.7 Å². The summed E-state index contributed by atoms with van der Waals surface area (Å²) in [5.74, 6) is 1.35. The fraction of sp³-hybridized carbons (Fsp3) is 0.435. The summed E-state index contributed by atoms with van der Waals surface area (Å²) < 4.78 is 11.2. The van der Waals surface area contributed by atoms with E-state index in [9.17, 15) is 4.79 Å². The number of para-hydroxylation sites is 1. The van der Waals surface area contributed by atoms with Crippen LogP contribution in [0.1, 0.15) is 35.7 Å². The second kappa shape index (κ2) is 9.49. The monoisotopic (exact) mass is 382 g/mol. The molecule has 5 heteroatoms. The van der Waals surface area contributed by atoms with Crippen molar-refractivity contribution >= 4 is 11.6 Å². The van der Waals surface area contributed by atoms with Crippen LogP contribution in [0.5, 0.6) is 11.5 Å². The summed E-state index contributed by atoms with van der Waals surface area (Å²) in [6.45, 7) is 8.01. The molecule has 150 valence electrons. The number of nitrogens with zero attached hydrogens (tertiary/aromatic N) is 2. The molecule has 2 aromatic carbocycles. The van der Waals surface area contributed by atoms with Crippen LogP contribution >= 0.6 is 0 Å². The molecule has 3 rings (SSSR count). The normalized spacial score (nSPS) is 14.1. The van der Waals surface area contributed by atoms with E-state index >= 15 is 0 Å². The van der Waals surface area contributed by atoms with E-state index in [-0.39, 0.29) is 5.91 Å². The number of aryl methyl sites for hydroxylation is 1. The Morgan fingerprint density at radius 1 is 1.04 bits per heavy atom. The van der Waals surface area contributed by atoms with E-state index in [0.29, 0.717) is 36.8 Å². The van der Waals surface area contributed by atoms with E-state index in [1.807, 2.05) is 17.0 Å². The largest absolute Gasteiger partial charge is 0.493 e. The molecule has 5 nitrogen and oxygen atoms in total. The molecule has 0 spiro atoms. The lowest BCUT2D eigenvalue weighted by molar-refractivity contribution is 0.0746. The van der Waals surface area contributed by atoms with Crippen molar-refractivity contribution < 1.29 is 14.3 Å². The van der Waals surface area contributed by atoms with Gasteiger partial charge in [0.25, 0.3) is 5.91 Å². The standard InChI is InChI=1S/C23H30N2O3/c1-4-5-16-28-21-11-10-19(17-22(21)27-3)23(26)25-14-12-24(13-15-25)20-9-7-6-8-18(20)2/h6-11,17H,4-5,12-16H2,1-3H3. The van der Waals surface area contributed by atoms with Crippen LogP contribution in [0.15, 0.2) is 42.5 Å². The van der Waals surface area contributed by atoms with Gasteiger partial charge in [0, 0.05) is 37.4 Å². The predicted molar refractivity (Wildman–Crippen MR) is 113 cm³/mol. The van der Waals surface area contributed by atoms with Crippen molar-refractivity contribution in [1.29, 1.82) is 0 Å². The highest BCUT2D eigenvalue weighted by Crippen LogP contribution is 2.29. The number of carbonyl (C=O) groups excluding carboxylic acids is 1. The summed E-state index contributed by atoms with van der Waals surface area (Å²) in [6, 6.07) is 13.9. The first-order chi connectivity index (χ1) is 13.6. The number of benzene rings is 2. The number of methoxy groups -OCH3 is 1. The molecule has 0 bridgehead atoms. The van der Waals surface area contributed by atoms with Crippen LogP contribution in [0.4, 0.5) is 5.69 Å². The Morgan fingerprint density at radius 3 is 2.46 bits per heavy atom. The lowest BCUT2D eigenvalue weighted by Gasteiger charge is -2.36. The molecule has 1 fully saturated rings. The van der Waals surface area contributed by atoms with Crippen LogP contribution in [0, 0.1) is 6.92 Å². The molecule has 0 saturated carbocycles. The average molecular weight is 383 g/mol. The van der Waals surface area contributed by atoms with Gasteiger partial charge in [-0.05, 0) is 43.2 Å². The van der Waals surface area contributed by atoms with Gasteiger partial charge in [-0.3, -0.25) is 4.79 Å². The molecule has 28 heavy (non-hydrogen) atoms. The smallest absolute Gasteiger partial charge is 0.254 e. The molecule has 1 amide bonds. The zero-order valence-corrected chi connectivity index (χ0v) is 17.1. The minimum Gasteiger partial charge on any atom is -0.493 e. The number of amides is 1. The molecular formula is C23H30N2O3. The number of piperazine rings is 1. The van der Waals surface area contributed by atoms with Crippen molar-refractivity contribution in [3.8, 4) is 11.5 Å². The second-order valence-electron chi connectivity index (χ2n) is 7.13. The van der Waals surface area contributed by atoms with Gasteiger partial charge in [0.1, 0.15) is 0 Å². The van der Waals surface area contributed by atoms with Crippen molar-refractivity contribution in [2.24, 2.45) is 0 Å². The van der Waals surface area contributed by atoms with Crippen LogP contribution in [-0.4, -0.2) is 50.7 Å². The van der Waals surface area contributed by atoms with Gasteiger partial charge in [-0.15, -0.1) is 0 Å². The topological polar surface area (TPSA) is 42.0 Å². The summed E-state index contributed by atoms with van der Waals surface area (Å²) in [5, 5.41) is 0.